The molecule has 1 unspecified atom stereocenters. The molecule has 1 fully saturated rings. The van der Waals surface area contributed by atoms with Gasteiger partial charge in [0.25, 0.3) is 0 Å². The molecule has 0 amide bonds. The van der Waals surface area contributed by atoms with Gasteiger partial charge in [-0.15, -0.1) is 0 Å². The topological polar surface area (TPSA) is 67.1 Å². The highest BCUT2D eigenvalue weighted by molar-refractivity contribution is 5.49. The molecule has 1 aromatic rings. The number of rotatable bonds is 3. The third-order valence-electron chi connectivity index (χ3n) is 3.36. The molecule has 0 spiro atoms. The van der Waals surface area contributed by atoms with Crippen LogP contribution in [0.2, 0.25) is 0 Å². The van der Waals surface area contributed by atoms with E-state index in [9.17, 15) is 0 Å². The molecule has 1 saturated heterocycles. The minimum Gasteiger partial charge on any atom is -0.353 e. The van der Waals surface area contributed by atoms with Gasteiger partial charge in [-0.05, 0) is 32.6 Å². The Labute approximate surface area is 102 Å². The summed E-state index contributed by atoms with van der Waals surface area (Å²) in [5.74, 6) is 7.87. The molecule has 1 aliphatic rings. The number of aromatic nitrogens is 2. The summed E-state index contributed by atoms with van der Waals surface area (Å²) in [6.45, 7) is 5.22. The van der Waals surface area contributed by atoms with Crippen LogP contribution in [0.4, 0.5) is 11.6 Å². The maximum atomic E-state index is 5.43. The van der Waals surface area contributed by atoms with E-state index in [1.807, 2.05) is 13.0 Å². The van der Waals surface area contributed by atoms with Crippen molar-refractivity contribution in [3.63, 3.8) is 0 Å². The van der Waals surface area contributed by atoms with Crippen LogP contribution in [0.1, 0.15) is 38.4 Å². The number of aryl methyl sites for hydroxylation is 1. The highest BCUT2D eigenvalue weighted by atomic mass is 15.3. The van der Waals surface area contributed by atoms with Crippen LogP contribution < -0.4 is 16.2 Å². The van der Waals surface area contributed by atoms with Crippen molar-refractivity contribution < 1.29 is 0 Å². The van der Waals surface area contributed by atoms with Crippen LogP contribution in [-0.2, 0) is 0 Å². The van der Waals surface area contributed by atoms with Crippen molar-refractivity contribution in [3.05, 3.63) is 11.9 Å². The van der Waals surface area contributed by atoms with Gasteiger partial charge >= 0.3 is 0 Å². The second-order valence-corrected chi connectivity index (χ2v) is 4.55. The van der Waals surface area contributed by atoms with E-state index in [-0.39, 0.29) is 0 Å². The molecular weight excluding hydrogens is 214 g/mol. The molecule has 3 N–H and O–H groups in total. The summed E-state index contributed by atoms with van der Waals surface area (Å²) in [4.78, 5) is 11.1. The standard InChI is InChI=1S/C12H21N5/c1-3-10-6-4-5-7-17(10)12-8-11(16-13)14-9(2)15-12/h8,10H,3-7,13H2,1-2H3,(H,14,15,16). The summed E-state index contributed by atoms with van der Waals surface area (Å²) in [5, 5.41) is 0. The van der Waals surface area contributed by atoms with E-state index in [1.165, 1.54) is 19.3 Å². The maximum absolute atomic E-state index is 5.43. The first-order valence-corrected chi connectivity index (χ1v) is 6.33. The average molecular weight is 235 g/mol. The number of hydrogen-bond donors (Lipinski definition) is 2. The van der Waals surface area contributed by atoms with Crippen molar-refractivity contribution in [1.29, 1.82) is 0 Å². The molecule has 5 heteroatoms. The Morgan fingerprint density at radius 3 is 3.00 bits per heavy atom. The van der Waals surface area contributed by atoms with Crippen molar-refractivity contribution in [1.82, 2.24) is 9.97 Å². The van der Waals surface area contributed by atoms with Gasteiger partial charge in [-0.2, -0.15) is 0 Å². The quantitative estimate of drug-likeness (QED) is 0.618. The van der Waals surface area contributed by atoms with E-state index in [0.717, 1.165) is 24.6 Å². The van der Waals surface area contributed by atoms with Crippen LogP contribution in [0.25, 0.3) is 0 Å². The van der Waals surface area contributed by atoms with E-state index < -0.39 is 0 Å². The van der Waals surface area contributed by atoms with E-state index in [2.05, 4.69) is 27.2 Å². The van der Waals surface area contributed by atoms with Crippen LogP contribution in [0.3, 0.4) is 0 Å². The van der Waals surface area contributed by atoms with Crippen LogP contribution in [0.5, 0.6) is 0 Å². The van der Waals surface area contributed by atoms with Gasteiger partial charge in [-0.25, -0.2) is 15.8 Å². The van der Waals surface area contributed by atoms with Crippen molar-refractivity contribution in [3.8, 4) is 0 Å². The number of hydrogen-bond acceptors (Lipinski definition) is 5. The number of nitrogens with two attached hydrogens (primary N) is 1. The molecule has 0 aromatic carbocycles. The lowest BCUT2D eigenvalue weighted by molar-refractivity contribution is 0.446. The molecule has 2 rings (SSSR count). The van der Waals surface area contributed by atoms with Gasteiger partial charge in [0.15, 0.2) is 0 Å². The molecule has 0 radical (unpaired) electrons. The van der Waals surface area contributed by atoms with Crippen LogP contribution in [0, 0.1) is 6.92 Å². The minimum absolute atomic E-state index is 0.601. The maximum Gasteiger partial charge on any atom is 0.145 e. The predicted octanol–water partition coefficient (Wildman–Crippen LogP) is 1.84. The molecule has 0 saturated carbocycles. The number of hydrazine groups is 1. The lowest BCUT2D eigenvalue weighted by Crippen LogP contribution is -2.39. The normalized spacial score (nSPS) is 20.4. The van der Waals surface area contributed by atoms with E-state index in [1.54, 1.807) is 0 Å². The zero-order chi connectivity index (χ0) is 12.3. The number of nitrogens with zero attached hydrogens (tertiary/aromatic N) is 3. The van der Waals surface area contributed by atoms with Gasteiger partial charge < -0.3 is 10.3 Å². The van der Waals surface area contributed by atoms with Crippen molar-refractivity contribution in [2.75, 3.05) is 16.9 Å². The minimum atomic E-state index is 0.601. The van der Waals surface area contributed by atoms with Gasteiger partial charge in [0.1, 0.15) is 17.5 Å². The fraction of sp³-hybridized carbons (Fsp3) is 0.667. The third kappa shape index (κ3) is 2.66. The average Bonchev–Trinajstić information content (AvgIpc) is 2.37. The van der Waals surface area contributed by atoms with Gasteiger partial charge in [-0.1, -0.05) is 6.92 Å². The Balaban J connectivity index is 2.27. The summed E-state index contributed by atoms with van der Waals surface area (Å²) in [6, 6.07) is 2.53. The van der Waals surface area contributed by atoms with E-state index in [4.69, 9.17) is 5.84 Å². The number of nitrogen functional groups attached to an aromatic ring is 1. The van der Waals surface area contributed by atoms with E-state index in [0.29, 0.717) is 11.9 Å². The first kappa shape index (κ1) is 12.1. The smallest absolute Gasteiger partial charge is 0.145 e. The first-order valence-electron chi connectivity index (χ1n) is 6.33. The molecule has 94 valence electrons. The molecule has 17 heavy (non-hydrogen) atoms. The summed E-state index contributed by atoms with van der Waals surface area (Å²) >= 11 is 0. The van der Waals surface area contributed by atoms with Crippen LogP contribution >= 0.6 is 0 Å². The SMILES string of the molecule is CCC1CCCCN1c1cc(NN)nc(C)n1. The Hall–Kier alpha value is -1.36. The second kappa shape index (κ2) is 5.31. The Bertz CT molecular complexity index is 379. The second-order valence-electron chi connectivity index (χ2n) is 4.55. The van der Waals surface area contributed by atoms with Crippen LogP contribution in [-0.4, -0.2) is 22.6 Å². The fourth-order valence-corrected chi connectivity index (χ4v) is 2.50. The van der Waals surface area contributed by atoms with E-state index >= 15 is 0 Å². The first-order chi connectivity index (χ1) is 8.24. The monoisotopic (exact) mass is 235 g/mol. The zero-order valence-electron chi connectivity index (χ0n) is 10.6. The van der Waals surface area contributed by atoms with Crippen LogP contribution in [0.15, 0.2) is 6.07 Å². The Morgan fingerprint density at radius 2 is 2.29 bits per heavy atom. The van der Waals surface area contributed by atoms with Gasteiger partial charge in [-0.3, -0.25) is 0 Å². The van der Waals surface area contributed by atoms with Crippen molar-refractivity contribution >= 4 is 11.6 Å². The predicted molar refractivity (Wildman–Crippen MR) is 69.9 cm³/mol. The summed E-state index contributed by atoms with van der Waals surface area (Å²) in [5.41, 5.74) is 2.60. The van der Waals surface area contributed by atoms with Gasteiger partial charge in [0, 0.05) is 18.7 Å². The molecule has 0 bridgehead atoms. The molecule has 1 atom stereocenters. The Morgan fingerprint density at radius 1 is 1.47 bits per heavy atom. The number of piperidine rings is 1. The molecular formula is C12H21N5. The fourth-order valence-electron chi connectivity index (χ4n) is 2.50. The molecule has 0 aliphatic carbocycles. The Kier molecular flexibility index (Phi) is 3.78. The summed E-state index contributed by atoms with van der Waals surface area (Å²) in [7, 11) is 0. The highest BCUT2D eigenvalue weighted by Crippen LogP contribution is 2.26. The van der Waals surface area contributed by atoms with Crippen molar-refractivity contribution in [2.24, 2.45) is 5.84 Å². The molecule has 2 heterocycles. The molecule has 1 aliphatic heterocycles. The summed E-state index contributed by atoms with van der Waals surface area (Å²) < 4.78 is 0. The highest BCUT2D eigenvalue weighted by Gasteiger charge is 2.22. The third-order valence-corrected chi connectivity index (χ3v) is 3.36. The zero-order valence-corrected chi connectivity index (χ0v) is 10.6. The number of anilines is 2. The largest absolute Gasteiger partial charge is 0.353 e. The summed E-state index contributed by atoms with van der Waals surface area (Å²) in [6.07, 6.45) is 4.98. The molecule has 1 aromatic heterocycles. The lowest BCUT2D eigenvalue weighted by Gasteiger charge is -2.36. The number of nitrogens with one attached hydrogen (secondary N) is 1. The van der Waals surface area contributed by atoms with Gasteiger partial charge in [0.05, 0.1) is 0 Å². The van der Waals surface area contributed by atoms with Crippen molar-refractivity contribution in [2.45, 2.75) is 45.6 Å². The van der Waals surface area contributed by atoms with Gasteiger partial charge in [0.2, 0.25) is 0 Å². The molecule has 5 nitrogen and oxygen atoms in total. The lowest BCUT2D eigenvalue weighted by atomic mass is 10.00.